The zero-order valence-electron chi connectivity index (χ0n) is 9.13. The maximum absolute atomic E-state index is 11.0. The van der Waals surface area contributed by atoms with Crippen molar-refractivity contribution in [1.82, 2.24) is 0 Å². The largest absolute Gasteiger partial charge is 0.481 e. The van der Waals surface area contributed by atoms with Gasteiger partial charge in [0.2, 0.25) is 0 Å². The highest BCUT2D eigenvalue weighted by atomic mass is 16.4. The molecule has 0 aliphatic carbocycles. The summed E-state index contributed by atoms with van der Waals surface area (Å²) in [6, 6.07) is 0. The van der Waals surface area contributed by atoms with Gasteiger partial charge < -0.3 is 26.8 Å². The summed E-state index contributed by atoms with van der Waals surface area (Å²) in [5, 5.41) is 26.4. The quantitative estimate of drug-likeness (QED) is 0.261. The Morgan fingerprint density at radius 1 is 1.06 bits per heavy atom. The molecule has 0 aromatic heterocycles. The molecule has 98 valence electrons. The normalized spacial score (nSPS) is 14.3. The third-order valence-electron chi connectivity index (χ3n) is 2.45. The smallest absolute Gasteiger partial charge is 0.325 e. The second-order valence-corrected chi connectivity index (χ2v) is 3.70. The molecule has 0 aliphatic heterocycles. The molecule has 17 heavy (non-hydrogen) atoms. The molecule has 0 aliphatic rings. The van der Waals surface area contributed by atoms with Crippen molar-refractivity contribution in [3.63, 3.8) is 0 Å². The van der Waals surface area contributed by atoms with Crippen molar-refractivity contribution in [3.05, 3.63) is 0 Å². The van der Waals surface area contributed by atoms with Crippen molar-refractivity contribution >= 4 is 17.9 Å². The zero-order valence-corrected chi connectivity index (χ0v) is 9.13. The van der Waals surface area contributed by atoms with E-state index in [4.69, 9.17) is 26.8 Å². The number of rotatable bonds is 8. The molecule has 0 rings (SSSR count). The number of unbranched alkanes of at least 4 members (excludes halogenated alkanes) is 1. The third kappa shape index (κ3) is 3.68. The average Bonchev–Trinajstić information content (AvgIpc) is 2.16. The SMILES string of the molecule is NCCCC[C@](N)(C(=O)O)C(C(=O)O)C(=O)O. The van der Waals surface area contributed by atoms with Crippen LogP contribution in [-0.2, 0) is 14.4 Å². The summed E-state index contributed by atoms with van der Waals surface area (Å²) in [5.41, 5.74) is 8.31. The lowest BCUT2D eigenvalue weighted by Crippen LogP contribution is -2.59. The van der Waals surface area contributed by atoms with Crippen molar-refractivity contribution in [2.75, 3.05) is 6.54 Å². The van der Waals surface area contributed by atoms with Crippen molar-refractivity contribution in [2.45, 2.75) is 24.8 Å². The van der Waals surface area contributed by atoms with E-state index in [1.54, 1.807) is 0 Å². The molecular weight excluding hydrogens is 232 g/mol. The van der Waals surface area contributed by atoms with Gasteiger partial charge in [0.05, 0.1) is 0 Å². The summed E-state index contributed by atoms with van der Waals surface area (Å²) in [6.07, 6.45) is 0.428. The Morgan fingerprint density at radius 3 is 1.82 bits per heavy atom. The monoisotopic (exact) mass is 248 g/mol. The van der Waals surface area contributed by atoms with Crippen LogP contribution >= 0.6 is 0 Å². The third-order valence-corrected chi connectivity index (χ3v) is 2.45. The Morgan fingerprint density at radius 2 is 1.53 bits per heavy atom. The second-order valence-electron chi connectivity index (χ2n) is 3.70. The standard InChI is InChI=1S/C9H16N2O6/c10-4-2-1-3-9(11,8(16)17)5(6(12)13)7(14)15/h5H,1-4,10-11H2,(H,12,13)(H,14,15)(H,16,17)/t9-/m1/s1. The minimum absolute atomic E-state index is 0.246. The van der Waals surface area contributed by atoms with Crippen LogP contribution in [0.5, 0.6) is 0 Å². The number of aliphatic carboxylic acids is 3. The number of hydrogen-bond donors (Lipinski definition) is 5. The predicted octanol–water partition coefficient (Wildman–Crippen LogP) is -1.32. The highest BCUT2D eigenvalue weighted by Crippen LogP contribution is 2.23. The molecule has 0 aromatic rings. The number of hydrogen-bond acceptors (Lipinski definition) is 5. The van der Waals surface area contributed by atoms with Gasteiger partial charge in [0.25, 0.3) is 0 Å². The van der Waals surface area contributed by atoms with Crippen LogP contribution in [0, 0.1) is 5.92 Å². The van der Waals surface area contributed by atoms with Crippen LogP contribution in [0.3, 0.4) is 0 Å². The number of nitrogens with two attached hydrogens (primary N) is 2. The van der Waals surface area contributed by atoms with Crippen LogP contribution in [0.25, 0.3) is 0 Å². The molecule has 0 radical (unpaired) electrons. The van der Waals surface area contributed by atoms with Gasteiger partial charge in [-0.1, -0.05) is 0 Å². The summed E-state index contributed by atoms with van der Waals surface area (Å²) in [7, 11) is 0. The van der Waals surface area contributed by atoms with Crippen molar-refractivity contribution in [3.8, 4) is 0 Å². The zero-order chi connectivity index (χ0) is 13.6. The van der Waals surface area contributed by atoms with Crippen molar-refractivity contribution in [1.29, 1.82) is 0 Å². The predicted molar refractivity (Wildman–Crippen MR) is 56.2 cm³/mol. The van der Waals surface area contributed by atoms with Gasteiger partial charge in [-0.3, -0.25) is 14.4 Å². The highest BCUT2D eigenvalue weighted by Gasteiger charge is 2.50. The van der Waals surface area contributed by atoms with Gasteiger partial charge in [-0.25, -0.2) is 0 Å². The van der Waals surface area contributed by atoms with Gasteiger partial charge in [0, 0.05) is 0 Å². The van der Waals surface area contributed by atoms with Gasteiger partial charge in [-0.05, 0) is 25.8 Å². The Hall–Kier alpha value is -1.67. The molecule has 0 unspecified atom stereocenters. The van der Waals surface area contributed by atoms with E-state index in [-0.39, 0.29) is 12.8 Å². The minimum Gasteiger partial charge on any atom is -0.481 e. The summed E-state index contributed by atoms with van der Waals surface area (Å²) in [6.45, 7) is 0.292. The molecule has 8 nitrogen and oxygen atoms in total. The van der Waals surface area contributed by atoms with Gasteiger partial charge >= 0.3 is 17.9 Å². The van der Waals surface area contributed by atoms with Crippen LogP contribution in [0.1, 0.15) is 19.3 Å². The Kier molecular flexibility index (Phi) is 5.56. The van der Waals surface area contributed by atoms with Crippen LogP contribution in [0.4, 0.5) is 0 Å². The number of carbonyl (C=O) groups is 3. The van der Waals surface area contributed by atoms with Crippen LogP contribution in [0.15, 0.2) is 0 Å². The first-order valence-corrected chi connectivity index (χ1v) is 4.95. The summed E-state index contributed by atoms with van der Waals surface area (Å²) in [5.74, 6) is -7.37. The Balaban J connectivity index is 5.08. The molecule has 0 spiro atoms. The van der Waals surface area contributed by atoms with E-state index in [0.717, 1.165) is 0 Å². The maximum Gasteiger partial charge on any atom is 0.325 e. The fourth-order valence-corrected chi connectivity index (χ4v) is 1.48. The van der Waals surface area contributed by atoms with E-state index in [0.29, 0.717) is 13.0 Å². The average molecular weight is 248 g/mol. The van der Waals surface area contributed by atoms with E-state index < -0.39 is 29.4 Å². The van der Waals surface area contributed by atoms with Gasteiger partial charge in [-0.15, -0.1) is 0 Å². The molecule has 0 heterocycles. The first-order chi connectivity index (χ1) is 7.77. The minimum atomic E-state index is -2.33. The van der Waals surface area contributed by atoms with E-state index in [9.17, 15) is 14.4 Å². The van der Waals surface area contributed by atoms with Crippen LogP contribution in [0.2, 0.25) is 0 Å². The lowest BCUT2D eigenvalue weighted by molar-refractivity contribution is -0.166. The molecule has 0 aromatic carbocycles. The molecule has 0 fully saturated rings. The summed E-state index contributed by atoms with van der Waals surface area (Å²) >= 11 is 0. The lowest BCUT2D eigenvalue weighted by Gasteiger charge is -2.28. The fourth-order valence-electron chi connectivity index (χ4n) is 1.48. The molecule has 8 heteroatoms. The van der Waals surface area contributed by atoms with E-state index >= 15 is 0 Å². The first-order valence-electron chi connectivity index (χ1n) is 4.95. The second kappa shape index (κ2) is 6.16. The van der Waals surface area contributed by atoms with E-state index in [1.807, 2.05) is 0 Å². The number of carboxylic acids is 3. The number of carboxylic acid groups (broad SMARTS) is 3. The molecule has 0 amide bonds. The molecular formula is C9H16N2O6. The van der Waals surface area contributed by atoms with E-state index in [2.05, 4.69) is 0 Å². The van der Waals surface area contributed by atoms with Gasteiger partial charge in [-0.2, -0.15) is 0 Å². The topological polar surface area (TPSA) is 164 Å². The fraction of sp³-hybridized carbons (Fsp3) is 0.667. The molecule has 0 saturated heterocycles. The Bertz CT molecular complexity index is 305. The van der Waals surface area contributed by atoms with E-state index in [1.165, 1.54) is 0 Å². The van der Waals surface area contributed by atoms with Gasteiger partial charge in [0.15, 0.2) is 5.92 Å². The lowest BCUT2D eigenvalue weighted by atomic mass is 9.80. The van der Waals surface area contributed by atoms with Crippen LogP contribution < -0.4 is 11.5 Å². The summed E-state index contributed by atoms with van der Waals surface area (Å²) < 4.78 is 0. The summed E-state index contributed by atoms with van der Waals surface area (Å²) in [4.78, 5) is 32.5. The van der Waals surface area contributed by atoms with Crippen molar-refractivity contribution < 1.29 is 29.7 Å². The van der Waals surface area contributed by atoms with Gasteiger partial charge in [0.1, 0.15) is 5.54 Å². The Labute approximate surface area is 97.2 Å². The molecule has 1 atom stereocenters. The van der Waals surface area contributed by atoms with Crippen LogP contribution in [-0.4, -0.2) is 45.3 Å². The first kappa shape index (κ1) is 15.3. The van der Waals surface area contributed by atoms with Crippen molar-refractivity contribution in [2.24, 2.45) is 17.4 Å². The molecule has 7 N–H and O–H groups in total. The maximum atomic E-state index is 11.0. The molecule has 0 bridgehead atoms. The molecule has 0 saturated carbocycles. The highest BCUT2D eigenvalue weighted by molar-refractivity contribution is 6.00.